The van der Waals surface area contributed by atoms with Gasteiger partial charge in [0, 0.05) is 18.4 Å². The summed E-state index contributed by atoms with van der Waals surface area (Å²) < 4.78 is 0. The first kappa shape index (κ1) is 15.9. The zero-order valence-electron chi connectivity index (χ0n) is 13.8. The lowest BCUT2D eigenvalue weighted by Crippen LogP contribution is -2.60. The Labute approximate surface area is 136 Å². The average molecular weight is 314 g/mol. The van der Waals surface area contributed by atoms with Gasteiger partial charge in [-0.2, -0.15) is 0 Å². The van der Waals surface area contributed by atoms with Crippen molar-refractivity contribution in [2.45, 2.75) is 44.2 Å². The highest BCUT2D eigenvalue weighted by Gasteiger charge is 2.53. The summed E-state index contributed by atoms with van der Waals surface area (Å²) in [6, 6.07) is 7.35. The van der Waals surface area contributed by atoms with E-state index in [0.717, 1.165) is 5.56 Å². The van der Waals surface area contributed by atoms with Crippen molar-refractivity contribution in [1.82, 2.24) is 9.80 Å². The molecule has 1 atom stereocenters. The molecule has 1 aromatic carbocycles. The number of rotatable bonds is 2. The predicted molar refractivity (Wildman–Crippen MR) is 85.9 cm³/mol. The van der Waals surface area contributed by atoms with E-state index in [1.165, 1.54) is 4.90 Å². The minimum absolute atomic E-state index is 0.157. The third kappa shape index (κ3) is 2.30. The van der Waals surface area contributed by atoms with Gasteiger partial charge in [0.2, 0.25) is 5.91 Å². The molecule has 0 bridgehead atoms. The van der Waals surface area contributed by atoms with Crippen LogP contribution in [0.2, 0.25) is 0 Å². The van der Waals surface area contributed by atoms with Gasteiger partial charge in [-0.05, 0) is 45.5 Å². The number of imide groups is 1. The normalized spacial score (nSPS) is 21.7. The number of hydrogen-bond acceptors (Lipinski definition) is 4. The molecule has 5 nitrogen and oxygen atoms in total. The molecule has 1 spiro atoms. The average Bonchev–Trinajstić information content (AvgIpc) is 2.55. The Morgan fingerprint density at radius 1 is 1.09 bits per heavy atom. The molecule has 0 aromatic heterocycles. The molecule has 1 aliphatic heterocycles. The molecule has 23 heavy (non-hydrogen) atoms. The highest BCUT2D eigenvalue weighted by Crippen LogP contribution is 2.45. The summed E-state index contributed by atoms with van der Waals surface area (Å²) in [7, 11) is 3.70. The van der Waals surface area contributed by atoms with Crippen LogP contribution >= 0.6 is 0 Å². The molecule has 1 aliphatic carbocycles. The molecule has 3 rings (SSSR count). The van der Waals surface area contributed by atoms with Crippen molar-refractivity contribution in [3.8, 4) is 0 Å². The van der Waals surface area contributed by atoms with E-state index in [0.29, 0.717) is 31.2 Å². The number of amides is 2. The maximum atomic E-state index is 13.3. The van der Waals surface area contributed by atoms with Gasteiger partial charge in [0.25, 0.3) is 5.91 Å². The van der Waals surface area contributed by atoms with Gasteiger partial charge < -0.3 is 0 Å². The lowest BCUT2D eigenvalue weighted by atomic mass is 9.65. The fourth-order valence-electron chi connectivity index (χ4n) is 3.66. The first-order chi connectivity index (χ1) is 10.9. The molecule has 0 saturated heterocycles. The van der Waals surface area contributed by atoms with Gasteiger partial charge >= 0.3 is 0 Å². The minimum Gasteiger partial charge on any atom is -0.300 e. The maximum Gasteiger partial charge on any atom is 0.262 e. The monoisotopic (exact) mass is 314 g/mol. The Hall–Kier alpha value is -2.01. The van der Waals surface area contributed by atoms with Crippen LogP contribution in [0.25, 0.3) is 0 Å². The Morgan fingerprint density at radius 2 is 1.70 bits per heavy atom. The SMILES string of the molecule is CC(N(C)C)N1C(=O)c2ccccc2C2(CCC(=O)CC2)C1=O. The van der Waals surface area contributed by atoms with Crippen molar-refractivity contribution in [2.75, 3.05) is 14.1 Å². The number of benzene rings is 1. The van der Waals surface area contributed by atoms with Crippen molar-refractivity contribution < 1.29 is 14.4 Å². The molecule has 2 aliphatic rings. The standard InChI is InChI=1S/C18H22N2O3/c1-12(19(2)3)20-16(22)14-6-4-5-7-15(14)18(17(20)23)10-8-13(21)9-11-18/h4-7,12H,8-11H2,1-3H3. The van der Waals surface area contributed by atoms with Gasteiger partial charge in [0.05, 0.1) is 11.6 Å². The van der Waals surface area contributed by atoms with Crippen LogP contribution in [0.1, 0.15) is 48.5 Å². The molecule has 122 valence electrons. The second-order valence-electron chi connectivity index (χ2n) is 6.74. The van der Waals surface area contributed by atoms with Crippen molar-refractivity contribution in [2.24, 2.45) is 0 Å². The van der Waals surface area contributed by atoms with Gasteiger partial charge in [0.1, 0.15) is 5.78 Å². The number of hydrogen-bond donors (Lipinski definition) is 0. The fraction of sp³-hybridized carbons (Fsp3) is 0.500. The van der Waals surface area contributed by atoms with E-state index >= 15 is 0 Å². The lowest BCUT2D eigenvalue weighted by Gasteiger charge is -2.46. The van der Waals surface area contributed by atoms with E-state index in [2.05, 4.69) is 0 Å². The van der Waals surface area contributed by atoms with Gasteiger partial charge in [0.15, 0.2) is 0 Å². The summed E-state index contributed by atoms with van der Waals surface area (Å²) in [4.78, 5) is 41.1. The highest BCUT2D eigenvalue weighted by molar-refractivity contribution is 6.13. The fourth-order valence-corrected chi connectivity index (χ4v) is 3.66. The Bertz CT molecular complexity index is 671. The molecule has 1 fully saturated rings. The number of ketones is 1. The Morgan fingerprint density at radius 3 is 2.30 bits per heavy atom. The molecule has 1 aromatic rings. The first-order valence-electron chi connectivity index (χ1n) is 8.04. The first-order valence-corrected chi connectivity index (χ1v) is 8.04. The molecule has 0 N–H and O–H groups in total. The van der Waals surface area contributed by atoms with Gasteiger partial charge in [-0.1, -0.05) is 18.2 Å². The number of carbonyl (C=O) groups is 3. The molecular weight excluding hydrogens is 292 g/mol. The van der Waals surface area contributed by atoms with Gasteiger partial charge in [-0.3, -0.25) is 24.2 Å². The van der Waals surface area contributed by atoms with Gasteiger partial charge in [-0.15, -0.1) is 0 Å². The van der Waals surface area contributed by atoms with Crippen LogP contribution in [0, 0.1) is 0 Å². The summed E-state index contributed by atoms with van der Waals surface area (Å²) in [5.41, 5.74) is 0.655. The quantitative estimate of drug-likeness (QED) is 0.783. The van der Waals surface area contributed by atoms with Crippen LogP contribution in [0.3, 0.4) is 0 Å². The highest BCUT2D eigenvalue weighted by atomic mass is 16.2. The van der Waals surface area contributed by atoms with Crippen LogP contribution in [-0.4, -0.2) is 47.7 Å². The van der Waals surface area contributed by atoms with E-state index in [9.17, 15) is 14.4 Å². The smallest absolute Gasteiger partial charge is 0.262 e. The van der Waals surface area contributed by atoms with E-state index in [1.807, 2.05) is 44.1 Å². The number of Topliss-reactive ketones (excluding diaryl/α,β-unsaturated/α-hetero) is 1. The summed E-state index contributed by atoms with van der Waals surface area (Å²) in [6.07, 6.45) is 1.46. The number of carbonyl (C=O) groups excluding carboxylic acids is 3. The number of fused-ring (bicyclic) bond motifs is 2. The van der Waals surface area contributed by atoms with Crippen LogP contribution in [-0.2, 0) is 15.0 Å². The van der Waals surface area contributed by atoms with E-state index < -0.39 is 5.41 Å². The molecule has 1 unspecified atom stereocenters. The molecule has 0 radical (unpaired) electrons. The lowest BCUT2D eigenvalue weighted by molar-refractivity contribution is -0.142. The summed E-state index contributed by atoms with van der Waals surface area (Å²) >= 11 is 0. The van der Waals surface area contributed by atoms with Crippen molar-refractivity contribution in [3.05, 3.63) is 35.4 Å². The summed E-state index contributed by atoms with van der Waals surface area (Å²) in [5.74, 6) is -0.200. The van der Waals surface area contributed by atoms with Crippen LogP contribution < -0.4 is 0 Å². The van der Waals surface area contributed by atoms with Gasteiger partial charge in [-0.25, -0.2) is 0 Å². The summed E-state index contributed by atoms with van der Waals surface area (Å²) in [5, 5.41) is 0. The second-order valence-corrected chi connectivity index (χ2v) is 6.74. The molecule has 1 saturated carbocycles. The van der Waals surface area contributed by atoms with Crippen molar-refractivity contribution in [1.29, 1.82) is 0 Å². The molecule has 1 heterocycles. The molecule has 2 amide bonds. The van der Waals surface area contributed by atoms with Crippen LogP contribution in [0.4, 0.5) is 0 Å². The molecular formula is C18H22N2O3. The third-order valence-corrected chi connectivity index (χ3v) is 5.30. The maximum absolute atomic E-state index is 13.3. The topological polar surface area (TPSA) is 57.7 Å². The largest absolute Gasteiger partial charge is 0.300 e. The van der Waals surface area contributed by atoms with Crippen LogP contribution in [0.15, 0.2) is 24.3 Å². The third-order valence-electron chi connectivity index (χ3n) is 5.30. The van der Waals surface area contributed by atoms with E-state index in [4.69, 9.17) is 0 Å². The Balaban J connectivity index is 2.15. The minimum atomic E-state index is -0.733. The predicted octanol–water partition coefficient (Wildman–Crippen LogP) is 1.96. The van der Waals surface area contributed by atoms with Crippen LogP contribution in [0.5, 0.6) is 0 Å². The zero-order chi connectivity index (χ0) is 16.8. The van der Waals surface area contributed by atoms with E-state index in [1.54, 1.807) is 6.07 Å². The number of nitrogens with zero attached hydrogens (tertiary/aromatic N) is 2. The van der Waals surface area contributed by atoms with E-state index in [-0.39, 0.29) is 23.8 Å². The summed E-state index contributed by atoms with van der Waals surface area (Å²) in [6.45, 7) is 1.85. The van der Waals surface area contributed by atoms with Crippen molar-refractivity contribution in [3.63, 3.8) is 0 Å². The Kier molecular flexibility index (Phi) is 3.84. The van der Waals surface area contributed by atoms with Crippen molar-refractivity contribution >= 4 is 17.6 Å². The second kappa shape index (κ2) is 5.57. The zero-order valence-corrected chi connectivity index (χ0v) is 13.8. The molecule has 5 heteroatoms.